The molecular formula is C22H17N3O5. The average molecular weight is 403 g/mol. The fourth-order valence-corrected chi connectivity index (χ4v) is 4.31. The summed E-state index contributed by atoms with van der Waals surface area (Å²) in [6, 6.07) is 15.9. The number of hydrogen-bond donors (Lipinski definition) is 0. The molecule has 1 atom stereocenters. The molecule has 0 fully saturated rings. The molecule has 5 rings (SSSR count). The van der Waals surface area contributed by atoms with Crippen molar-refractivity contribution >= 4 is 17.6 Å². The lowest BCUT2D eigenvalue weighted by molar-refractivity contribution is -0.000514. The summed E-state index contributed by atoms with van der Waals surface area (Å²) in [6.45, 7) is 0.154. The lowest BCUT2D eigenvalue weighted by atomic mass is 9.95. The molecule has 8 heteroatoms. The molecule has 0 bridgehead atoms. The van der Waals surface area contributed by atoms with Gasteiger partial charge >= 0.3 is 11.7 Å². The van der Waals surface area contributed by atoms with Gasteiger partial charge in [-0.25, -0.2) is 9.59 Å². The van der Waals surface area contributed by atoms with E-state index in [1.165, 1.54) is 18.7 Å². The largest absolute Gasteiger partial charge is 0.423 e. The van der Waals surface area contributed by atoms with Crippen LogP contribution >= 0.6 is 0 Å². The van der Waals surface area contributed by atoms with Gasteiger partial charge in [0.1, 0.15) is 11.4 Å². The second-order valence-electron chi connectivity index (χ2n) is 7.38. The SMILES string of the molecule is Cn1c2c(c(=O)n(C)c1=O)C(=O)C1(OC(=O)c3ccccc31)N2Cc1ccccc1. The first-order valence-electron chi connectivity index (χ1n) is 9.37. The van der Waals surface area contributed by atoms with Gasteiger partial charge in [-0.3, -0.25) is 18.7 Å². The summed E-state index contributed by atoms with van der Waals surface area (Å²) in [5.74, 6) is -1.16. The van der Waals surface area contributed by atoms with Crippen LogP contribution in [0.2, 0.25) is 0 Å². The highest BCUT2D eigenvalue weighted by Crippen LogP contribution is 2.49. The number of anilines is 1. The Hall–Kier alpha value is -3.94. The second-order valence-corrected chi connectivity index (χ2v) is 7.38. The van der Waals surface area contributed by atoms with Crippen molar-refractivity contribution in [3.63, 3.8) is 0 Å². The van der Waals surface area contributed by atoms with Gasteiger partial charge in [-0.2, -0.15) is 0 Å². The minimum absolute atomic E-state index is 0.140. The van der Waals surface area contributed by atoms with Crippen molar-refractivity contribution in [1.29, 1.82) is 0 Å². The zero-order valence-electron chi connectivity index (χ0n) is 16.3. The highest BCUT2D eigenvalue weighted by molar-refractivity contribution is 6.16. The molecule has 2 aromatic carbocycles. The van der Waals surface area contributed by atoms with Crippen LogP contribution in [-0.2, 0) is 31.1 Å². The third-order valence-corrected chi connectivity index (χ3v) is 5.74. The summed E-state index contributed by atoms with van der Waals surface area (Å²) < 4.78 is 7.86. The van der Waals surface area contributed by atoms with E-state index >= 15 is 0 Å². The Morgan fingerprint density at radius 3 is 2.27 bits per heavy atom. The Bertz CT molecular complexity index is 1360. The fraction of sp³-hybridized carbons (Fsp3) is 0.182. The monoisotopic (exact) mass is 403 g/mol. The number of Topliss-reactive ketones (excluding diaryl/α,β-unsaturated/α-hetero) is 1. The van der Waals surface area contributed by atoms with Crippen molar-refractivity contribution in [2.45, 2.75) is 12.3 Å². The molecule has 0 amide bonds. The number of benzene rings is 2. The number of fused-ring (bicyclic) bond motifs is 3. The Morgan fingerprint density at radius 1 is 0.867 bits per heavy atom. The van der Waals surface area contributed by atoms with Crippen LogP contribution in [0.15, 0.2) is 64.2 Å². The first-order chi connectivity index (χ1) is 14.4. The highest BCUT2D eigenvalue weighted by Gasteiger charge is 2.62. The number of carbonyl (C=O) groups excluding carboxylic acids is 2. The van der Waals surface area contributed by atoms with Crippen LogP contribution < -0.4 is 16.1 Å². The molecule has 150 valence electrons. The first-order valence-corrected chi connectivity index (χ1v) is 9.37. The van der Waals surface area contributed by atoms with Gasteiger partial charge in [0, 0.05) is 26.2 Å². The first kappa shape index (κ1) is 18.1. The number of esters is 1. The summed E-state index contributed by atoms with van der Waals surface area (Å²) in [5.41, 5.74) is -1.83. The number of carbonyl (C=O) groups is 2. The summed E-state index contributed by atoms with van der Waals surface area (Å²) in [6.07, 6.45) is 0. The Kier molecular flexibility index (Phi) is 3.64. The van der Waals surface area contributed by atoms with Crippen LogP contribution in [0.1, 0.15) is 31.8 Å². The van der Waals surface area contributed by atoms with Gasteiger partial charge in [-0.1, -0.05) is 48.5 Å². The molecular weight excluding hydrogens is 386 g/mol. The molecule has 30 heavy (non-hydrogen) atoms. The minimum atomic E-state index is -1.83. The topological polar surface area (TPSA) is 90.6 Å². The molecule has 0 aliphatic carbocycles. The van der Waals surface area contributed by atoms with Crippen molar-refractivity contribution < 1.29 is 14.3 Å². The number of rotatable bonds is 2. The van der Waals surface area contributed by atoms with Crippen molar-refractivity contribution in [3.8, 4) is 0 Å². The summed E-state index contributed by atoms with van der Waals surface area (Å²) in [7, 11) is 2.81. The van der Waals surface area contributed by atoms with Gasteiger partial charge in [0.25, 0.3) is 11.3 Å². The molecule has 2 aliphatic rings. The maximum Gasteiger partial charge on any atom is 0.341 e. The van der Waals surface area contributed by atoms with E-state index in [1.54, 1.807) is 29.2 Å². The molecule has 1 unspecified atom stereocenters. The Balaban J connectivity index is 1.86. The molecule has 0 N–H and O–H groups in total. The zero-order valence-corrected chi connectivity index (χ0v) is 16.3. The molecule has 3 aromatic rings. The number of aromatic nitrogens is 2. The molecule has 8 nitrogen and oxygen atoms in total. The predicted molar refractivity (Wildman–Crippen MR) is 107 cm³/mol. The third kappa shape index (κ3) is 2.10. The van der Waals surface area contributed by atoms with Gasteiger partial charge in [-0.15, -0.1) is 0 Å². The Morgan fingerprint density at radius 2 is 1.53 bits per heavy atom. The maximum absolute atomic E-state index is 13.7. The maximum atomic E-state index is 13.7. The van der Waals surface area contributed by atoms with Crippen LogP contribution in [0.5, 0.6) is 0 Å². The number of nitrogens with zero attached hydrogens (tertiary/aromatic N) is 3. The van der Waals surface area contributed by atoms with E-state index in [2.05, 4.69) is 0 Å². The van der Waals surface area contributed by atoms with Gasteiger partial charge < -0.3 is 9.64 Å². The van der Waals surface area contributed by atoms with E-state index in [0.717, 1.165) is 10.1 Å². The van der Waals surface area contributed by atoms with Crippen molar-refractivity contribution in [2.24, 2.45) is 14.1 Å². The highest BCUT2D eigenvalue weighted by atomic mass is 16.6. The van der Waals surface area contributed by atoms with E-state index in [4.69, 9.17) is 4.74 Å². The van der Waals surface area contributed by atoms with Crippen LogP contribution in [-0.4, -0.2) is 20.9 Å². The van der Waals surface area contributed by atoms with Crippen molar-refractivity contribution in [1.82, 2.24) is 9.13 Å². The van der Waals surface area contributed by atoms with Crippen LogP contribution in [0.3, 0.4) is 0 Å². The lowest BCUT2D eigenvalue weighted by Crippen LogP contribution is -2.48. The molecule has 0 saturated carbocycles. The van der Waals surface area contributed by atoms with E-state index in [0.29, 0.717) is 5.56 Å². The zero-order chi connectivity index (χ0) is 21.2. The van der Waals surface area contributed by atoms with Gasteiger partial charge in [0.05, 0.1) is 5.56 Å². The van der Waals surface area contributed by atoms with Crippen LogP contribution in [0.4, 0.5) is 5.82 Å². The average Bonchev–Trinajstić information content (AvgIpc) is 3.19. The smallest absolute Gasteiger partial charge is 0.341 e. The fourth-order valence-electron chi connectivity index (χ4n) is 4.31. The van der Waals surface area contributed by atoms with E-state index < -0.39 is 28.7 Å². The molecule has 3 heterocycles. The van der Waals surface area contributed by atoms with Gasteiger partial charge in [0.15, 0.2) is 0 Å². The lowest BCUT2D eigenvalue weighted by Gasteiger charge is -2.34. The standard InChI is InChI=1S/C22H17N3O5/c1-23-18-16(19(27)24(2)21(23)29)17(26)22(25(18)12-13-8-4-3-5-9-13)15-11-7-6-10-14(15)20(28)30-22/h3-11H,12H2,1-2H3. The van der Waals surface area contributed by atoms with Gasteiger partial charge in [0.2, 0.25) is 5.78 Å². The number of ketones is 1. The third-order valence-electron chi connectivity index (χ3n) is 5.74. The quantitative estimate of drug-likeness (QED) is 0.600. The summed E-state index contributed by atoms with van der Waals surface area (Å²) in [5, 5.41) is 0. The Labute approximate surface area is 170 Å². The molecule has 2 aliphatic heterocycles. The van der Waals surface area contributed by atoms with E-state index in [-0.39, 0.29) is 23.5 Å². The number of hydrogen-bond acceptors (Lipinski definition) is 6. The van der Waals surface area contributed by atoms with Crippen LogP contribution in [0, 0.1) is 0 Å². The van der Waals surface area contributed by atoms with Gasteiger partial charge in [-0.05, 0) is 11.6 Å². The normalized spacial score (nSPS) is 19.2. The summed E-state index contributed by atoms with van der Waals surface area (Å²) >= 11 is 0. The predicted octanol–water partition coefficient (Wildman–Crippen LogP) is 1.31. The van der Waals surface area contributed by atoms with Crippen LogP contribution in [0.25, 0.3) is 0 Å². The van der Waals surface area contributed by atoms with E-state index in [9.17, 15) is 19.2 Å². The molecule has 0 saturated heterocycles. The van der Waals surface area contributed by atoms with Crippen molar-refractivity contribution in [2.75, 3.05) is 4.90 Å². The minimum Gasteiger partial charge on any atom is -0.423 e. The number of ether oxygens (including phenoxy) is 1. The van der Waals surface area contributed by atoms with E-state index in [1.807, 2.05) is 30.3 Å². The molecule has 0 radical (unpaired) electrons. The molecule has 1 aromatic heterocycles. The molecule has 1 spiro atoms. The van der Waals surface area contributed by atoms with Crippen molar-refractivity contribution in [3.05, 3.63) is 97.7 Å². The second kappa shape index (κ2) is 6.03. The summed E-state index contributed by atoms with van der Waals surface area (Å²) in [4.78, 5) is 53.5.